The van der Waals surface area contributed by atoms with Gasteiger partial charge in [-0.25, -0.2) is 0 Å². The highest BCUT2D eigenvalue weighted by Gasteiger charge is 2.43. The minimum absolute atomic E-state index is 0.537. The highest BCUT2D eigenvalue weighted by molar-refractivity contribution is 6.74. The number of hydrogen-bond acceptors (Lipinski definition) is 3. The summed E-state index contributed by atoms with van der Waals surface area (Å²) >= 11 is 0. The first-order valence-electron chi connectivity index (χ1n) is 8.73. The van der Waals surface area contributed by atoms with E-state index < -0.39 is 22.4 Å². The number of rotatable bonds is 12. The Labute approximate surface area is 137 Å². The molecule has 6 heteroatoms. The van der Waals surface area contributed by atoms with Crippen LogP contribution in [0.4, 0.5) is 0 Å². The molecule has 21 heavy (non-hydrogen) atoms. The van der Waals surface area contributed by atoms with Crippen molar-refractivity contribution in [1.29, 1.82) is 0 Å². The lowest BCUT2D eigenvalue weighted by Gasteiger charge is -2.45. The molecule has 0 atom stereocenters. The van der Waals surface area contributed by atoms with Gasteiger partial charge in [-0.1, -0.05) is 41.5 Å². The van der Waals surface area contributed by atoms with Crippen molar-refractivity contribution in [2.75, 3.05) is 6.61 Å². The molecular formula is C15H38O3Si3. The van der Waals surface area contributed by atoms with Crippen molar-refractivity contribution in [3.63, 3.8) is 0 Å². The third-order valence-corrected chi connectivity index (χ3v) is 14.9. The van der Waals surface area contributed by atoms with Gasteiger partial charge in [0.25, 0.3) is 0 Å². The van der Waals surface area contributed by atoms with E-state index >= 15 is 0 Å². The molecule has 0 radical (unpaired) electrons. The summed E-state index contributed by atoms with van der Waals surface area (Å²) in [4.78, 5) is 0. The first kappa shape index (κ1) is 21.5. The zero-order valence-corrected chi connectivity index (χ0v) is 19.7. The summed E-state index contributed by atoms with van der Waals surface area (Å²) in [6.07, 6.45) is 0. The van der Waals surface area contributed by atoms with E-state index in [0.717, 1.165) is 46.8 Å². The van der Waals surface area contributed by atoms with Gasteiger partial charge in [-0.15, -0.1) is 0 Å². The summed E-state index contributed by atoms with van der Waals surface area (Å²) in [7, 11) is -2.66. The van der Waals surface area contributed by atoms with Crippen LogP contribution in [0.3, 0.4) is 0 Å². The van der Waals surface area contributed by atoms with E-state index in [4.69, 9.17) is 13.3 Å². The molecule has 0 fully saturated rings. The maximum Gasteiger partial charge on any atom is 0.195 e. The maximum absolute atomic E-state index is 6.72. The van der Waals surface area contributed by atoms with Gasteiger partial charge in [0.05, 0.1) is 6.61 Å². The second-order valence-corrected chi connectivity index (χ2v) is 16.2. The summed E-state index contributed by atoms with van der Waals surface area (Å²) in [5.74, 6) is -0.537. The molecule has 0 N–H and O–H groups in total. The number of hydrogen-bond donors (Lipinski definition) is 0. The molecule has 0 aliphatic rings. The standard InChI is InChI=1S/C15H38O3Si3/c1-8-20(9-2,10-3)17-15(7,14-16-19)18-21(11-4,12-5)13-6/h8-14H2,1-7,19H3. The molecule has 0 saturated carbocycles. The highest BCUT2D eigenvalue weighted by Crippen LogP contribution is 2.34. The Morgan fingerprint density at radius 2 is 1.00 bits per heavy atom. The Bertz CT molecular complexity index is 241. The molecule has 0 aliphatic heterocycles. The van der Waals surface area contributed by atoms with Gasteiger partial charge >= 0.3 is 0 Å². The third kappa shape index (κ3) is 5.91. The molecule has 3 nitrogen and oxygen atoms in total. The van der Waals surface area contributed by atoms with Crippen molar-refractivity contribution >= 4 is 27.1 Å². The molecule has 0 saturated heterocycles. The van der Waals surface area contributed by atoms with E-state index in [0.29, 0.717) is 6.61 Å². The lowest BCUT2D eigenvalue weighted by molar-refractivity contribution is -0.138. The Morgan fingerprint density at radius 3 is 1.19 bits per heavy atom. The summed E-state index contributed by atoms with van der Waals surface area (Å²) in [6, 6.07) is 6.91. The van der Waals surface area contributed by atoms with Crippen LogP contribution in [0.15, 0.2) is 0 Å². The van der Waals surface area contributed by atoms with Crippen LogP contribution in [0, 0.1) is 0 Å². The van der Waals surface area contributed by atoms with E-state index in [2.05, 4.69) is 48.5 Å². The van der Waals surface area contributed by atoms with Crippen LogP contribution in [0.25, 0.3) is 0 Å². The van der Waals surface area contributed by atoms with Crippen LogP contribution in [0.5, 0.6) is 0 Å². The molecular weight excluding hydrogens is 312 g/mol. The largest absolute Gasteiger partial charge is 0.423 e. The van der Waals surface area contributed by atoms with Gasteiger partial charge in [0.15, 0.2) is 22.4 Å². The molecule has 0 unspecified atom stereocenters. The predicted molar refractivity (Wildman–Crippen MR) is 101 cm³/mol. The molecule has 0 aromatic heterocycles. The van der Waals surface area contributed by atoms with Crippen molar-refractivity contribution in [1.82, 2.24) is 0 Å². The fourth-order valence-corrected chi connectivity index (χ4v) is 9.70. The first-order valence-corrected chi connectivity index (χ1v) is 14.6. The van der Waals surface area contributed by atoms with Gasteiger partial charge in [-0.3, -0.25) is 0 Å². The SMILES string of the molecule is CC[Si](CC)(CC)OC(C)(CO[SiH3])O[Si](CC)(CC)CC. The molecule has 0 heterocycles. The van der Waals surface area contributed by atoms with Gasteiger partial charge in [-0.2, -0.15) is 0 Å². The molecule has 0 aliphatic carbocycles. The lowest BCUT2D eigenvalue weighted by Crippen LogP contribution is -2.55. The highest BCUT2D eigenvalue weighted by atomic mass is 28.4. The van der Waals surface area contributed by atoms with Crippen molar-refractivity contribution in [3.05, 3.63) is 0 Å². The predicted octanol–water partition coefficient (Wildman–Crippen LogP) is 4.04. The van der Waals surface area contributed by atoms with Gasteiger partial charge in [0.2, 0.25) is 0 Å². The van der Waals surface area contributed by atoms with Gasteiger partial charge < -0.3 is 13.3 Å². The van der Waals surface area contributed by atoms with Crippen LogP contribution in [-0.4, -0.2) is 39.5 Å². The topological polar surface area (TPSA) is 27.7 Å². The van der Waals surface area contributed by atoms with Crippen LogP contribution in [0.1, 0.15) is 48.5 Å². The quantitative estimate of drug-likeness (QED) is 0.393. The van der Waals surface area contributed by atoms with E-state index in [1.807, 2.05) is 0 Å². The molecule has 0 bridgehead atoms. The van der Waals surface area contributed by atoms with Crippen molar-refractivity contribution in [2.24, 2.45) is 0 Å². The van der Waals surface area contributed by atoms with Crippen LogP contribution < -0.4 is 0 Å². The average Bonchev–Trinajstić information content (AvgIpc) is 2.51. The van der Waals surface area contributed by atoms with E-state index in [1.165, 1.54) is 0 Å². The second-order valence-electron chi connectivity index (χ2n) is 6.26. The van der Waals surface area contributed by atoms with Crippen molar-refractivity contribution in [2.45, 2.75) is 90.5 Å². The average molecular weight is 351 g/mol. The molecule has 0 aromatic rings. The zero-order chi connectivity index (χ0) is 16.6. The molecule has 128 valence electrons. The van der Waals surface area contributed by atoms with Gasteiger partial charge in [0, 0.05) is 0 Å². The first-order chi connectivity index (χ1) is 9.84. The lowest BCUT2D eigenvalue weighted by atomic mass is 10.4. The van der Waals surface area contributed by atoms with E-state index in [9.17, 15) is 0 Å². The normalized spacial score (nSPS) is 13.9. The summed E-state index contributed by atoms with van der Waals surface area (Å²) in [6.45, 7) is 16.3. The molecule has 0 spiro atoms. The van der Waals surface area contributed by atoms with E-state index in [-0.39, 0.29) is 0 Å². The fourth-order valence-electron chi connectivity index (χ4n) is 3.19. The maximum atomic E-state index is 6.72. The molecule has 0 rings (SSSR count). The second kappa shape index (κ2) is 9.62. The Morgan fingerprint density at radius 1 is 0.714 bits per heavy atom. The van der Waals surface area contributed by atoms with Gasteiger partial charge in [-0.05, 0) is 43.2 Å². The van der Waals surface area contributed by atoms with Crippen LogP contribution in [0.2, 0.25) is 36.3 Å². The fraction of sp³-hybridized carbons (Fsp3) is 1.00. The smallest absolute Gasteiger partial charge is 0.195 e. The zero-order valence-electron chi connectivity index (χ0n) is 15.7. The molecule has 0 amide bonds. The summed E-state index contributed by atoms with van der Waals surface area (Å²) < 4.78 is 19.0. The van der Waals surface area contributed by atoms with Crippen molar-refractivity contribution in [3.8, 4) is 0 Å². The minimum atomic E-state index is -1.70. The Balaban J connectivity index is 5.32. The Hall–Kier alpha value is 0.531. The summed E-state index contributed by atoms with van der Waals surface area (Å²) in [5, 5.41) is 0. The third-order valence-electron chi connectivity index (χ3n) is 5.14. The van der Waals surface area contributed by atoms with Crippen LogP contribution in [-0.2, 0) is 13.3 Å². The Kier molecular flexibility index (Phi) is 9.86. The van der Waals surface area contributed by atoms with Gasteiger partial charge in [0.1, 0.15) is 10.5 Å². The van der Waals surface area contributed by atoms with Crippen LogP contribution >= 0.6 is 0 Å². The van der Waals surface area contributed by atoms with E-state index in [1.54, 1.807) is 0 Å². The summed E-state index contributed by atoms with van der Waals surface area (Å²) in [5.41, 5.74) is 0. The van der Waals surface area contributed by atoms with Crippen molar-refractivity contribution < 1.29 is 13.3 Å². The minimum Gasteiger partial charge on any atom is -0.423 e. The monoisotopic (exact) mass is 350 g/mol. The molecule has 0 aromatic carbocycles.